The van der Waals surface area contributed by atoms with Gasteiger partial charge in [0.1, 0.15) is 10.7 Å². The average molecular weight is 369 g/mol. The van der Waals surface area contributed by atoms with E-state index in [0.717, 1.165) is 5.56 Å². The highest BCUT2D eigenvalue weighted by molar-refractivity contribution is 7.98. The number of nitrogens with one attached hydrogen (secondary N) is 1. The Morgan fingerprint density at radius 3 is 2.80 bits per heavy atom. The van der Waals surface area contributed by atoms with E-state index < -0.39 is 0 Å². The van der Waals surface area contributed by atoms with Crippen molar-refractivity contribution in [3.63, 3.8) is 0 Å². The van der Waals surface area contributed by atoms with Gasteiger partial charge in [0.15, 0.2) is 5.11 Å². The first kappa shape index (κ1) is 17.1. The Labute approximate surface area is 153 Å². The van der Waals surface area contributed by atoms with E-state index in [1.165, 1.54) is 22.4 Å². The number of aromatic nitrogens is 2. The average Bonchev–Trinajstić information content (AvgIpc) is 2.63. The second-order valence-corrected chi connectivity index (χ2v) is 6.48. The normalized spacial score (nSPS) is 11.0. The van der Waals surface area contributed by atoms with Crippen molar-refractivity contribution in [3.8, 4) is 0 Å². The molecule has 3 N–H and O–H groups in total. The summed E-state index contributed by atoms with van der Waals surface area (Å²) in [6.07, 6.45) is 3.08. The second-order valence-electron chi connectivity index (χ2n) is 5.07. The lowest BCUT2D eigenvalue weighted by molar-refractivity contribution is 0.969. The zero-order chi connectivity index (χ0) is 17.6. The largest absolute Gasteiger partial charge is 0.375 e. The number of thioether (sulfide) groups is 1. The fraction of sp³-hybridized carbons (Fsp3) is 0.0588. The van der Waals surface area contributed by atoms with Crippen LogP contribution in [0.1, 0.15) is 11.1 Å². The van der Waals surface area contributed by atoms with Crippen LogP contribution in [-0.2, 0) is 5.75 Å². The highest BCUT2D eigenvalue weighted by Gasteiger charge is 2.12. The van der Waals surface area contributed by atoms with Gasteiger partial charge in [0, 0.05) is 11.9 Å². The molecule has 25 heavy (non-hydrogen) atoms. The molecule has 0 saturated carbocycles. The molecule has 0 fully saturated rings. The number of nitrogens with two attached hydrogens (primary N) is 1. The monoisotopic (exact) mass is 369 g/mol. The van der Waals surface area contributed by atoms with Gasteiger partial charge in [-0.25, -0.2) is 4.98 Å². The fourth-order valence-electron chi connectivity index (χ4n) is 2.19. The quantitative estimate of drug-likeness (QED) is 0.236. The molecule has 0 bridgehead atoms. The van der Waals surface area contributed by atoms with Crippen LogP contribution in [0.15, 0.2) is 69.6 Å². The summed E-state index contributed by atoms with van der Waals surface area (Å²) >= 11 is 6.20. The number of fused-ring (bicyclic) bond motifs is 1. The topological polar surface area (TPSA) is 84.8 Å². The third kappa shape index (κ3) is 4.23. The molecule has 8 heteroatoms. The summed E-state index contributed by atoms with van der Waals surface area (Å²) in [7, 11) is 0. The zero-order valence-corrected chi connectivity index (χ0v) is 14.8. The van der Waals surface area contributed by atoms with Crippen molar-refractivity contribution in [2.45, 2.75) is 10.8 Å². The molecule has 0 saturated heterocycles. The molecule has 0 atom stereocenters. The van der Waals surface area contributed by atoms with Gasteiger partial charge in [0.05, 0.1) is 11.8 Å². The van der Waals surface area contributed by atoms with Crippen LogP contribution in [0.25, 0.3) is 5.65 Å². The molecule has 0 spiro atoms. The van der Waals surface area contributed by atoms with Crippen LogP contribution in [0.5, 0.6) is 0 Å². The first-order valence-corrected chi connectivity index (χ1v) is 8.81. The van der Waals surface area contributed by atoms with Crippen LogP contribution in [0.2, 0.25) is 0 Å². The maximum atomic E-state index is 12.8. The minimum Gasteiger partial charge on any atom is -0.375 e. The van der Waals surface area contributed by atoms with Gasteiger partial charge >= 0.3 is 0 Å². The molecule has 0 unspecified atom stereocenters. The minimum atomic E-state index is -0.199. The number of hydrogen-bond donors (Lipinski definition) is 2. The molecule has 0 aliphatic rings. The van der Waals surface area contributed by atoms with Crippen LogP contribution in [0.4, 0.5) is 0 Å². The Morgan fingerprint density at radius 2 is 2.04 bits per heavy atom. The molecular formula is C17H15N5OS2. The number of hydrazone groups is 1. The van der Waals surface area contributed by atoms with Crippen molar-refractivity contribution in [1.29, 1.82) is 0 Å². The molecule has 2 heterocycles. The fourth-order valence-corrected chi connectivity index (χ4v) is 3.19. The molecule has 6 nitrogen and oxygen atoms in total. The Bertz CT molecular complexity index is 985. The first-order valence-electron chi connectivity index (χ1n) is 7.42. The van der Waals surface area contributed by atoms with Gasteiger partial charge in [0.2, 0.25) is 0 Å². The third-order valence-corrected chi connectivity index (χ3v) is 4.47. The van der Waals surface area contributed by atoms with Crippen molar-refractivity contribution in [3.05, 3.63) is 76.2 Å². The molecule has 1 aromatic carbocycles. The van der Waals surface area contributed by atoms with E-state index >= 15 is 0 Å². The van der Waals surface area contributed by atoms with Crippen molar-refractivity contribution in [1.82, 2.24) is 14.8 Å². The molecule has 3 rings (SSSR count). The summed E-state index contributed by atoms with van der Waals surface area (Å²) in [6, 6.07) is 15.4. The number of rotatable bonds is 5. The predicted octanol–water partition coefficient (Wildman–Crippen LogP) is 2.15. The predicted molar refractivity (Wildman–Crippen MR) is 105 cm³/mol. The van der Waals surface area contributed by atoms with E-state index in [9.17, 15) is 4.79 Å². The van der Waals surface area contributed by atoms with Crippen LogP contribution < -0.4 is 16.7 Å². The van der Waals surface area contributed by atoms with Gasteiger partial charge < -0.3 is 5.73 Å². The molecule has 126 valence electrons. The summed E-state index contributed by atoms with van der Waals surface area (Å²) in [5.74, 6) is 0.694. The van der Waals surface area contributed by atoms with E-state index in [1.807, 2.05) is 36.4 Å². The SMILES string of the molecule is NC(=S)N/N=C\c1c(SCc2ccccc2)nc2ccccn2c1=O. The van der Waals surface area contributed by atoms with Crippen molar-refractivity contribution >= 4 is 41.0 Å². The van der Waals surface area contributed by atoms with Gasteiger partial charge in [-0.05, 0) is 29.9 Å². The molecule has 3 aromatic rings. The summed E-state index contributed by atoms with van der Waals surface area (Å²) in [6.45, 7) is 0. The van der Waals surface area contributed by atoms with Gasteiger partial charge in [-0.1, -0.05) is 36.4 Å². The van der Waals surface area contributed by atoms with Gasteiger partial charge in [-0.2, -0.15) is 5.10 Å². The summed E-state index contributed by atoms with van der Waals surface area (Å²) in [5.41, 5.74) is 9.74. The summed E-state index contributed by atoms with van der Waals surface area (Å²) in [4.78, 5) is 17.4. The van der Waals surface area contributed by atoms with Crippen molar-refractivity contribution in [2.75, 3.05) is 0 Å². The lowest BCUT2D eigenvalue weighted by atomic mass is 10.2. The van der Waals surface area contributed by atoms with Gasteiger partial charge in [-0.15, -0.1) is 11.8 Å². The molecular weight excluding hydrogens is 354 g/mol. The first-order chi connectivity index (χ1) is 12.1. The lowest BCUT2D eigenvalue weighted by Gasteiger charge is -2.08. The van der Waals surface area contributed by atoms with Gasteiger partial charge in [0.25, 0.3) is 5.56 Å². The Kier molecular flexibility index (Phi) is 5.42. The minimum absolute atomic E-state index is 0.0311. The molecule has 0 amide bonds. The third-order valence-electron chi connectivity index (χ3n) is 3.32. The van der Waals surface area contributed by atoms with E-state index in [2.05, 4.69) is 15.5 Å². The maximum absolute atomic E-state index is 12.8. The second kappa shape index (κ2) is 7.91. The molecule has 0 aliphatic heterocycles. The highest BCUT2D eigenvalue weighted by atomic mass is 32.2. The Balaban J connectivity index is 2.00. The number of pyridine rings is 1. The van der Waals surface area contributed by atoms with Crippen LogP contribution in [0.3, 0.4) is 0 Å². The van der Waals surface area contributed by atoms with Crippen LogP contribution in [-0.4, -0.2) is 20.7 Å². The van der Waals surface area contributed by atoms with Crippen LogP contribution in [0, 0.1) is 0 Å². The lowest BCUT2D eigenvalue weighted by Crippen LogP contribution is -2.25. The van der Waals surface area contributed by atoms with E-state index in [1.54, 1.807) is 18.3 Å². The molecule has 0 aliphatic carbocycles. The number of benzene rings is 1. The highest BCUT2D eigenvalue weighted by Crippen LogP contribution is 2.22. The van der Waals surface area contributed by atoms with Crippen LogP contribution >= 0.6 is 24.0 Å². The number of thiocarbonyl (C=S) groups is 1. The number of hydrogen-bond acceptors (Lipinski definition) is 5. The van der Waals surface area contributed by atoms with E-state index in [-0.39, 0.29) is 10.7 Å². The smallest absolute Gasteiger partial charge is 0.267 e. The number of nitrogens with zero attached hydrogens (tertiary/aromatic N) is 3. The van der Waals surface area contributed by atoms with Gasteiger partial charge in [-0.3, -0.25) is 14.6 Å². The van der Waals surface area contributed by atoms with Crippen molar-refractivity contribution < 1.29 is 0 Å². The Morgan fingerprint density at radius 1 is 1.28 bits per heavy atom. The maximum Gasteiger partial charge on any atom is 0.267 e. The summed E-state index contributed by atoms with van der Waals surface area (Å²) in [5, 5.41) is 4.55. The standard InChI is InChI=1S/C17H15N5OS2/c18-17(24)21-19-10-13-15(25-11-12-6-2-1-3-7-12)20-14-8-4-5-9-22(14)16(13)23/h1-10H,11H2,(H3,18,21,24)/b19-10-. The molecule has 0 radical (unpaired) electrons. The van der Waals surface area contributed by atoms with E-state index in [4.69, 9.17) is 18.0 Å². The zero-order valence-electron chi connectivity index (χ0n) is 13.1. The Hall–Kier alpha value is -2.71. The van der Waals surface area contributed by atoms with Crippen molar-refractivity contribution in [2.24, 2.45) is 10.8 Å². The summed E-state index contributed by atoms with van der Waals surface area (Å²) < 4.78 is 1.48. The molecule has 2 aromatic heterocycles. The van der Waals surface area contributed by atoms with E-state index in [0.29, 0.717) is 22.0 Å².